The third-order valence-corrected chi connectivity index (χ3v) is 6.41. The average Bonchev–Trinajstić information content (AvgIpc) is 2.81. The van der Waals surface area contributed by atoms with E-state index in [0.29, 0.717) is 12.8 Å². The summed E-state index contributed by atoms with van der Waals surface area (Å²) in [6, 6.07) is 9.18. The van der Waals surface area contributed by atoms with E-state index in [-0.39, 0.29) is 54.8 Å². The number of ether oxygens (including phenoxy) is 1. The molecule has 0 saturated heterocycles. The molecule has 1 aromatic rings. The van der Waals surface area contributed by atoms with Crippen LogP contribution in [0.5, 0.6) is 0 Å². The second-order valence-corrected chi connectivity index (χ2v) is 10.6. The summed E-state index contributed by atoms with van der Waals surface area (Å²) >= 11 is 0. The van der Waals surface area contributed by atoms with Crippen molar-refractivity contribution in [3.8, 4) is 0 Å². The molecule has 1 heterocycles. The minimum absolute atomic E-state index is 0.0241. The van der Waals surface area contributed by atoms with Crippen LogP contribution in [-0.2, 0) is 25.5 Å². The van der Waals surface area contributed by atoms with Gasteiger partial charge in [0.25, 0.3) is 0 Å². The SMILES string of the molecule is C[C@H](CO)NC(=O)C[C@H]1CC=CCCC[C@H](Cc2ccccc2)C(=O)OC[C@H](C(C)(C)C)NC1=O. The first kappa shape index (κ1) is 28.6. The Morgan fingerprint density at radius 2 is 1.89 bits per heavy atom. The van der Waals surface area contributed by atoms with Gasteiger partial charge in [0.1, 0.15) is 6.61 Å². The van der Waals surface area contributed by atoms with Gasteiger partial charge in [-0.15, -0.1) is 0 Å². The number of rotatable bonds is 6. The Hall–Kier alpha value is -2.67. The van der Waals surface area contributed by atoms with Crippen LogP contribution in [0.15, 0.2) is 42.5 Å². The molecule has 0 fully saturated rings. The van der Waals surface area contributed by atoms with E-state index in [9.17, 15) is 19.5 Å². The monoisotopic (exact) mass is 486 g/mol. The van der Waals surface area contributed by atoms with Gasteiger partial charge in [-0.05, 0) is 50.0 Å². The van der Waals surface area contributed by atoms with E-state index < -0.39 is 12.0 Å². The smallest absolute Gasteiger partial charge is 0.309 e. The van der Waals surface area contributed by atoms with Gasteiger partial charge in [0.2, 0.25) is 11.8 Å². The summed E-state index contributed by atoms with van der Waals surface area (Å²) in [5.41, 5.74) is 0.749. The van der Waals surface area contributed by atoms with Crippen molar-refractivity contribution >= 4 is 17.8 Å². The number of carbonyl (C=O) groups is 3. The number of hydrogen-bond acceptors (Lipinski definition) is 5. The Morgan fingerprint density at radius 1 is 1.17 bits per heavy atom. The zero-order valence-corrected chi connectivity index (χ0v) is 21.6. The zero-order valence-electron chi connectivity index (χ0n) is 21.6. The molecule has 7 heteroatoms. The summed E-state index contributed by atoms with van der Waals surface area (Å²) in [5.74, 6) is -1.55. The lowest BCUT2D eigenvalue weighted by Gasteiger charge is -2.33. The van der Waals surface area contributed by atoms with E-state index in [4.69, 9.17) is 4.74 Å². The van der Waals surface area contributed by atoms with Gasteiger partial charge < -0.3 is 20.5 Å². The summed E-state index contributed by atoms with van der Waals surface area (Å²) in [5, 5.41) is 15.0. The van der Waals surface area contributed by atoms with Crippen LogP contribution >= 0.6 is 0 Å². The Bertz CT molecular complexity index is 847. The molecule has 2 rings (SSSR count). The third kappa shape index (κ3) is 10.2. The topological polar surface area (TPSA) is 105 Å². The van der Waals surface area contributed by atoms with E-state index in [1.54, 1.807) is 6.92 Å². The van der Waals surface area contributed by atoms with Gasteiger partial charge in [-0.25, -0.2) is 0 Å². The minimum Gasteiger partial charge on any atom is -0.463 e. The van der Waals surface area contributed by atoms with Crippen LogP contribution < -0.4 is 10.6 Å². The fraction of sp³-hybridized carbons (Fsp3) is 0.607. The lowest BCUT2D eigenvalue weighted by atomic mass is 9.86. The molecule has 0 radical (unpaired) electrons. The molecule has 1 aliphatic rings. The highest BCUT2D eigenvalue weighted by Crippen LogP contribution is 2.24. The van der Waals surface area contributed by atoms with Crippen molar-refractivity contribution in [2.75, 3.05) is 13.2 Å². The Morgan fingerprint density at radius 3 is 2.54 bits per heavy atom. The minimum atomic E-state index is -0.550. The molecule has 7 nitrogen and oxygen atoms in total. The van der Waals surface area contributed by atoms with E-state index in [2.05, 4.69) is 10.6 Å². The number of allylic oxidation sites excluding steroid dienone is 2. The molecule has 0 saturated carbocycles. The average molecular weight is 487 g/mol. The second-order valence-electron chi connectivity index (χ2n) is 10.6. The number of aliphatic hydroxyl groups excluding tert-OH is 1. The standard InChI is InChI=1S/C28H42N2O5/c1-20(18-31)29-25(32)17-22-14-10-5-6-11-15-23(16-21-12-8-7-9-13-21)27(34)35-19-24(28(2,3)4)30-26(22)33/h5,7-10,12-13,20,22-24,31H,6,11,14-19H2,1-4H3,(H,29,32)(H,30,33)/t20-,22-,23-,24-/m1/s1. The lowest BCUT2D eigenvalue weighted by molar-refractivity contribution is -0.151. The number of hydrogen-bond donors (Lipinski definition) is 3. The van der Waals surface area contributed by atoms with Crippen molar-refractivity contribution in [1.82, 2.24) is 10.6 Å². The van der Waals surface area contributed by atoms with Gasteiger partial charge in [-0.2, -0.15) is 0 Å². The predicted molar refractivity (Wildman–Crippen MR) is 136 cm³/mol. The third-order valence-electron chi connectivity index (χ3n) is 6.41. The van der Waals surface area contributed by atoms with E-state index in [1.165, 1.54) is 0 Å². The van der Waals surface area contributed by atoms with Gasteiger partial charge in [0, 0.05) is 12.5 Å². The highest BCUT2D eigenvalue weighted by atomic mass is 16.5. The molecule has 4 atom stereocenters. The van der Waals surface area contributed by atoms with Crippen LogP contribution in [0.25, 0.3) is 0 Å². The number of amides is 2. The molecule has 194 valence electrons. The molecule has 0 bridgehead atoms. The normalized spacial score (nSPS) is 23.5. The van der Waals surface area contributed by atoms with E-state index >= 15 is 0 Å². The molecule has 3 N–H and O–H groups in total. The molecule has 1 aromatic carbocycles. The van der Waals surface area contributed by atoms with E-state index in [0.717, 1.165) is 24.8 Å². The maximum atomic E-state index is 13.2. The summed E-state index contributed by atoms with van der Waals surface area (Å²) < 4.78 is 5.76. The quantitative estimate of drug-likeness (QED) is 0.421. The molecule has 35 heavy (non-hydrogen) atoms. The maximum absolute atomic E-state index is 13.2. The van der Waals surface area contributed by atoms with E-state index in [1.807, 2.05) is 63.3 Å². The van der Waals surface area contributed by atoms with Crippen molar-refractivity contribution in [3.05, 3.63) is 48.0 Å². The molecule has 0 aromatic heterocycles. The fourth-order valence-corrected chi connectivity index (χ4v) is 4.03. The Balaban J connectivity index is 2.18. The summed E-state index contributed by atoms with van der Waals surface area (Å²) in [4.78, 5) is 38.7. The van der Waals surface area contributed by atoms with Crippen LogP contribution in [0.2, 0.25) is 0 Å². The lowest BCUT2D eigenvalue weighted by Crippen LogP contribution is -2.50. The van der Waals surface area contributed by atoms with Crippen molar-refractivity contribution < 1.29 is 24.2 Å². The van der Waals surface area contributed by atoms with Gasteiger partial charge >= 0.3 is 5.97 Å². The molecule has 2 amide bonds. The largest absolute Gasteiger partial charge is 0.463 e. The maximum Gasteiger partial charge on any atom is 0.309 e. The molecule has 0 aliphatic carbocycles. The highest BCUT2D eigenvalue weighted by Gasteiger charge is 2.32. The van der Waals surface area contributed by atoms with Crippen molar-refractivity contribution in [3.63, 3.8) is 0 Å². The van der Waals surface area contributed by atoms with Crippen LogP contribution in [-0.4, -0.2) is 48.2 Å². The van der Waals surface area contributed by atoms with Crippen LogP contribution in [0.1, 0.15) is 65.4 Å². The number of aliphatic hydroxyl groups is 1. The second kappa shape index (κ2) is 14.0. The number of benzene rings is 1. The van der Waals surface area contributed by atoms with Crippen LogP contribution in [0.3, 0.4) is 0 Å². The fourth-order valence-electron chi connectivity index (χ4n) is 4.03. The zero-order chi connectivity index (χ0) is 25.8. The number of cyclic esters (lactones) is 1. The summed E-state index contributed by atoms with van der Waals surface area (Å²) in [7, 11) is 0. The molecular formula is C28H42N2O5. The number of carbonyl (C=O) groups excluding carboxylic acids is 3. The molecule has 1 aliphatic heterocycles. The first-order valence-electron chi connectivity index (χ1n) is 12.7. The number of esters is 1. The van der Waals surface area contributed by atoms with Crippen molar-refractivity contribution in [2.45, 2.75) is 78.3 Å². The molecule has 0 unspecified atom stereocenters. The number of nitrogens with one attached hydrogen (secondary N) is 2. The van der Waals surface area contributed by atoms with Crippen LogP contribution in [0, 0.1) is 17.3 Å². The van der Waals surface area contributed by atoms with Crippen molar-refractivity contribution in [2.24, 2.45) is 17.3 Å². The Labute approximate surface area is 209 Å². The van der Waals surface area contributed by atoms with Gasteiger partial charge in [-0.1, -0.05) is 63.3 Å². The van der Waals surface area contributed by atoms with Gasteiger partial charge in [0.05, 0.1) is 24.5 Å². The van der Waals surface area contributed by atoms with Crippen LogP contribution in [0.4, 0.5) is 0 Å². The van der Waals surface area contributed by atoms with Gasteiger partial charge in [-0.3, -0.25) is 14.4 Å². The van der Waals surface area contributed by atoms with Crippen molar-refractivity contribution in [1.29, 1.82) is 0 Å². The molecular weight excluding hydrogens is 444 g/mol. The first-order chi connectivity index (χ1) is 16.6. The summed E-state index contributed by atoms with van der Waals surface area (Å²) in [6.07, 6.45) is 7.40. The van der Waals surface area contributed by atoms with Gasteiger partial charge in [0.15, 0.2) is 0 Å². The highest BCUT2D eigenvalue weighted by molar-refractivity contribution is 5.86. The summed E-state index contributed by atoms with van der Waals surface area (Å²) in [6.45, 7) is 7.59. The molecule has 0 spiro atoms. The Kier molecular flexibility index (Phi) is 11.4. The predicted octanol–water partition coefficient (Wildman–Crippen LogP) is 3.55. The first-order valence-corrected chi connectivity index (χ1v) is 12.7.